The van der Waals surface area contributed by atoms with E-state index in [9.17, 15) is 9.50 Å². The first-order valence-electron chi connectivity index (χ1n) is 6.40. The maximum Gasteiger partial charge on any atom is 0.123 e. The van der Waals surface area contributed by atoms with Crippen LogP contribution in [0, 0.1) is 5.82 Å². The Hall–Kier alpha value is -0.930. The van der Waals surface area contributed by atoms with Crippen LogP contribution in [0.15, 0.2) is 24.3 Å². The maximum absolute atomic E-state index is 13.1. The second-order valence-corrected chi connectivity index (χ2v) is 4.84. The van der Waals surface area contributed by atoms with Crippen LogP contribution >= 0.6 is 0 Å². The molecule has 17 heavy (non-hydrogen) atoms. The number of hydrogen-bond donors (Lipinski definition) is 2. The van der Waals surface area contributed by atoms with Gasteiger partial charge in [0.05, 0.1) is 6.10 Å². The van der Waals surface area contributed by atoms with Gasteiger partial charge < -0.3 is 10.4 Å². The minimum atomic E-state index is -0.604. The average Bonchev–Trinajstić information content (AvgIpc) is 2.77. The molecule has 1 aromatic carbocycles. The summed E-state index contributed by atoms with van der Waals surface area (Å²) in [6.45, 7) is 2.16. The lowest BCUT2D eigenvalue weighted by atomic mass is 10.0. The number of hydrogen-bond acceptors (Lipinski definition) is 2. The molecule has 2 N–H and O–H groups in total. The van der Waals surface area contributed by atoms with Gasteiger partial charge in [-0.3, -0.25) is 0 Å². The van der Waals surface area contributed by atoms with Gasteiger partial charge in [0.2, 0.25) is 0 Å². The Kier molecular flexibility index (Phi) is 4.13. The van der Waals surface area contributed by atoms with E-state index in [0.717, 1.165) is 25.7 Å². The molecule has 1 heterocycles. The number of halogens is 1. The fourth-order valence-electron chi connectivity index (χ4n) is 2.60. The number of nitrogens with one attached hydrogen (secondary N) is 1. The first-order chi connectivity index (χ1) is 8.20. The van der Waals surface area contributed by atoms with E-state index in [1.54, 1.807) is 12.1 Å². The fraction of sp³-hybridized carbons (Fsp3) is 0.571. The first-order valence-corrected chi connectivity index (χ1v) is 6.40. The standard InChI is InChI=1S/C14H20FNO/c1-2-4-12-7-8-13(16-12)14(17)10-5-3-6-11(15)9-10/h3,5-6,9,12-14,16-17H,2,4,7-8H2,1H3/t12-,13-,14+/m0/s1. The van der Waals surface area contributed by atoms with Gasteiger partial charge in [0.1, 0.15) is 5.82 Å². The van der Waals surface area contributed by atoms with Gasteiger partial charge in [0.25, 0.3) is 0 Å². The van der Waals surface area contributed by atoms with Crippen LogP contribution in [0.5, 0.6) is 0 Å². The third-order valence-corrected chi connectivity index (χ3v) is 3.48. The predicted octanol–water partition coefficient (Wildman–Crippen LogP) is 2.78. The molecular weight excluding hydrogens is 217 g/mol. The Morgan fingerprint density at radius 1 is 1.47 bits per heavy atom. The fourth-order valence-corrected chi connectivity index (χ4v) is 2.60. The van der Waals surface area contributed by atoms with Crippen molar-refractivity contribution < 1.29 is 9.50 Å². The summed E-state index contributed by atoms with van der Waals surface area (Å²) < 4.78 is 13.1. The van der Waals surface area contributed by atoms with Crippen LogP contribution in [0.1, 0.15) is 44.3 Å². The minimum Gasteiger partial charge on any atom is -0.387 e. The Labute approximate surface area is 102 Å². The van der Waals surface area contributed by atoms with Crippen molar-refractivity contribution in [3.63, 3.8) is 0 Å². The molecule has 0 amide bonds. The van der Waals surface area contributed by atoms with Gasteiger partial charge in [-0.25, -0.2) is 4.39 Å². The lowest BCUT2D eigenvalue weighted by molar-refractivity contribution is 0.134. The molecule has 1 aliphatic heterocycles. The normalized spacial score (nSPS) is 26.1. The van der Waals surface area contributed by atoms with E-state index in [1.165, 1.54) is 12.1 Å². The van der Waals surface area contributed by atoms with E-state index in [-0.39, 0.29) is 11.9 Å². The van der Waals surface area contributed by atoms with Gasteiger partial charge >= 0.3 is 0 Å². The molecule has 0 aliphatic carbocycles. The highest BCUT2D eigenvalue weighted by molar-refractivity contribution is 5.20. The molecule has 0 spiro atoms. The van der Waals surface area contributed by atoms with Crippen LogP contribution in [-0.2, 0) is 0 Å². The van der Waals surface area contributed by atoms with Crippen molar-refractivity contribution in [3.05, 3.63) is 35.6 Å². The molecule has 1 aromatic rings. The first kappa shape index (κ1) is 12.5. The molecule has 1 fully saturated rings. The van der Waals surface area contributed by atoms with Crippen LogP contribution in [-0.4, -0.2) is 17.2 Å². The second-order valence-electron chi connectivity index (χ2n) is 4.84. The third-order valence-electron chi connectivity index (χ3n) is 3.48. The van der Waals surface area contributed by atoms with Crippen LogP contribution in [0.25, 0.3) is 0 Å². The highest BCUT2D eigenvalue weighted by Gasteiger charge is 2.29. The molecule has 2 nitrogen and oxygen atoms in total. The van der Waals surface area contributed by atoms with Crippen molar-refractivity contribution in [3.8, 4) is 0 Å². The van der Waals surface area contributed by atoms with Gasteiger partial charge in [-0.15, -0.1) is 0 Å². The van der Waals surface area contributed by atoms with Crippen LogP contribution < -0.4 is 5.32 Å². The van der Waals surface area contributed by atoms with Gasteiger partial charge in [-0.05, 0) is 37.0 Å². The van der Waals surface area contributed by atoms with E-state index >= 15 is 0 Å². The van der Waals surface area contributed by atoms with E-state index in [2.05, 4.69) is 12.2 Å². The van der Waals surface area contributed by atoms with Crippen molar-refractivity contribution >= 4 is 0 Å². The Morgan fingerprint density at radius 3 is 3.00 bits per heavy atom. The van der Waals surface area contributed by atoms with E-state index in [1.807, 2.05) is 0 Å². The molecule has 94 valence electrons. The lowest BCUT2D eigenvalue weighted by Gasteiger charge is -2.20. The molecule has 0 aromatic heterocycles. The molecule has 0 radical (unpaired) electrons. The number of benzene rings is 1. The Bertz CT molecular complexity index is 369. The molecule has 1 aliphatic rings. The van der Waals surface area contributed by atoms with Crippen molar-refractivity contribution in [2.45, 2.75) is 50.8 Å². The molecule has 3 heteroatoms. The smallest absolute Gasteiger partial charge is 0.123 e. The van der Waals surface area contributed by atoms with E-state index in [4.69, 9.17) is 0 Å². The zero-order chi connectivity index (χ0) is 12.3. The van der Waals surface area contributed by atoms with Gasteiger partial charge in [-0.2, -0.15) is 0 Å². The quantitative estimate of drug-likeness (QED) is 0.844. The average molecular weight is 237 g/mol. The summed E-state index contributed by atoms with van der Waals surface area (Å²) in [7, 11) is 0. The summed E-state index contributed by atoms with van der Waals surface area (Å²) in [6, 6.07) is 6.81. The zero-order valence-electron chi connectivity index (χ0n) is 10.2. The summed E-state index contributed by atoms with van der Waals surface area (Å²) in [6.07, 6.45) is 3.76. The number of rotatable bonds is 4. The van der Waals surface area contributed by atoms with E-state index in [0.29, 0.717) is 11.6 Å². The monoisotopic (exact) mass is 237 g/mol. The predicted molar refractivity (Wildman–Crippen MR) is 66.2 cm³/mol. The molecule has 0 unspecified atom stereocenters. The zero-order valence-corrected chi connectivity index (χ0v) is 10.2. The van der Waals surface area contributed by atoms with Crippen LogP contribution in [0.2, 0.25) is 0 Å². The van der Waals surface area contributed by atoms with Crippen LogP contribution in [0.4, 0.5) is 4.39 Å². The topological polar surface area (TPSA) is 32.3 Å². The summed E-state index contributed by atoms with van der Waals surface area (Å²) in [5.41, 5.74) is 0.666. The lowest BCUT2D eigenvalue weighted by Crippen LogP contribution is -2.33. The van der Waals surface area contributed by atoms with Crippen molar-refractivity contribution in [1.82, 2.24) is 5.32 Å². The Morgan fingerprint density at radius 2 is 2.29 bits per heavy atom. The van der Waals surface area contributed by atoms with Gasteiger partial charge in [0, 0.05) is 12.1 Å². The van der Waals surface area contributed by atoms with Crippen molar-refractivity contribution in [2.75, 3.05) is 0 Å². The van der Waals surface area contributed by atoms with Gasteiger partial charge in [0.15, 0.2) is 0 Å². The molecule has 1 saturated heterocycles. The largest absolute Gasteiger partial charge is 0.387 e. The summed E-state index contributed by atoms with van der Waals surface area (Å²) in [5, 5.41) is 13.6. The molecule has 0 saturated carbocycles. The summed E-state index contributed by atoms with van der Waals surface area (Å²) in [5.74, 6) is -0.287. The SMILES string of the molecule is CCC[C@H]1CC[C@@H]([C@H](O)c2cccc(F)c2)N1. The molecule has 3 atom stereocenters. The highest BCUT2D eigenvalue weighted by atomic mass is 19.1. The third kappa shape index (κ3) is 3.05. The van der Waals surface area contributed by atoms with Crippen molar-refractivity contribution in [2.24, 2.45) is 0 Å². The highest BCUT2D eigenvalue weighted by Crippen LogP contribution is 2.27. The molecule has 2 rings (SSSR count). The summed E-state index contributed by atoms with van der Waals surface area (Å²) in [4.78, 5) is 0. The second kappa shape index (κ2) is 5.61. The van der Waals surface area contributed by atoms with Crippen LogP contribution in [0.3, 0.4) is 0 Å². The Balaban J connectivity index is 1.99. The minimum absolute atomic E-state index is 0.0633. The van der Waals surface area contributed by atoms with E-state index < -0.39 is 6.10 Å². The molecular formula is C14H20FNO. The summed E-state index contributed by atoms with van der Waals surface area (Å²) >= 11 is 0. The molecule has 0 bridgehead atoms. The maximum atomic E-state index is 13.1. The van der Waals surface area contributed by atoms with Gasteiger partial charge in [-0.1, -0.05) is 25.5 Å². The van der Waals surface area contributed by atoms with Crippen molar-refractivity contribution in [1.29, 1.82) is 0 Å². The number of aliphatic hydroxyl groups excluding tert-OH is 1. The number of aliphatic hydroxyl groups is 1.